The number of hydrogen-bond acceptors (Lipinski definition) is 2. The number of carbonyl (C=O) groups is 1. The largest absolute Gasteiger partial charge is 0.311 e. The van der Waals surface area contributed by atoms with Gasteiger partial charge in [0, 0.05) is 34.4 Å². The molecule has 1 aliphatic rings. The summed E-state index contributed by atoms with van der Waals surface area (Å²) < 4.78 is 0. The average molecular weight is 311 g/mol. The fourth-order valence-corrected chi connectivity index (χ4v) is 3.80. The Labute approximate surface area is 136 Å². The standard InChI is InChI=1S/C19H21NOS/c1-13-5-7-15(8-6-13)22-16-9-10-18-17(11-16)19(3,4)12-20(18)14(2)21/h5-11H,12H2,1-4H3. The number of fused-ring (bicyclic) bond motifs is 1. The zero-order valence-electron chi connectivity index (χ0n) is 13.5. The van der Waals surface area contributed by atoms with Gasteiger partial charge in [-0.15, -0.1) is 0 Å². The Balaban J connectivity index is 1.93. The van der Waals surface area contributed by atoms with Gasteiger partial charge in [0.15, 0.2) is 0 Å². The van der Waals surface area contributed by atoms with Crippen molar-refractivity contribution in [3.05, 3.63) is 53.6 Å². The van der Waals surface area contributed by atoms with Gasteiger partial charge in [0.05, 0.1) is 0 Å². The van der Waals surface area contributed by atoms with Gasteiger partial charge in [-0.1, -0.05) is 43.3 Å². The van der Waals surface area contributed by atoms with E-state index in [1.165, 1.54) is 20.9 Å². The highest BCUT2D eigenvalue weighted by molar-refractivity contribution is 7.99. The summed E-state index contributed by atoms with van der Waals surface area (Å²) in [6.07, 6.45) is 0. The Morgan fingerprint density at radius 3 is 2.36 bits per heavy atom. The van der Waals surface area contributed by atoms with E-state index in [4.69, 9.17) is 0 Å². The van der Waals surface area contributed by atoms with Crippen LogP contribution in [-0.2, 0) is 10.2 Å². The van der Waals surface area contributed by atoms with Crippen molar-refractivity contribution in [1.82, 2.24) is 0 Å². The number of aryl methyl sites for hydroxylation is 1. The lowest BCUT2D eigenvalue weighted by Crippen LogP contribution is -2.31. The molecule has 3 heteroatoms. The lowest BCUT2D eigenvalue weighted by atomic mass is 9.87. The average Bonchev–Trinajstić information content (AvgIpc) is 2.74. The van der Waals surface area contributed by atoms with Crippen molar-refractivity contribution < 1.29 is 4.79 Å². The molecule has 2 aromatic carbocycles. The summed E-state index contributed by atoms with van der Waals surface area (Å²) in [7, 11) is 0. The van der Waals surface area contributed by atoms with Crippen LogP contribution in [0.2, 0.25) is 0 Å². The van der Waals surface area contributed by atoms with Gasteiger partial charge in [0.2, 0.25) is 5.91 Å². The van der Waals surface area contributed by atoms with Crippen LogP contribution in [0.3, 0.4) is 0 Å². The maximum atomic E-state index is 11.8. The van der Waals surface area contributed by atoms with Crippen molar-refractivity contribution >= 4 is 23.4 Å². The number of anilines is 1. The smallest absolute Gasteiger partial charge is 0.223 e. The second-order valence-corrected chi connectivity index (χ2v) is 7.73. The first-order chi connectivity index (χ1) is 10.4. The lowest BCUT2D eigenvalue weighted by Gasteiger charge is -2.19. The maximum Gasteiger partial charge on any atom is 0.223 e. The van der Waals surface area contributed by atoms with Crippen LogP contribution >= 0.6 is 11.8 Å². The minimum Gasteiger partial charge on any atom is -0.311 e. The minimum atomic E-state index is 0.00481. The summed E-state index contributed by atoms with van der Waals surface area (Å²) >= 11 is 1.77. The zero-order chi connectivity index (χ0) is 15.9. The second-order valence-electron chi connectivity index (χ2n) is 6.58. The Hall–Kier alpha value is -1.74. The molecule has 0 aliphatic carbocycles. The van der Waals surface area contributed by atoms with E-state index in [0.29, 0.717) is 0 Å². The number of hydrogen-bond donors (Lipinski definition) is 0. The van der Waals surface area contributed by atoms with E-state index in [1.807, 2.05) is 4.90 Å². The molecule has 0 bridgehead atoms. The number of amides is 1. The summed E-state index contributed by atoms with van der Waals surface area (Å²) in [5, 5.41) is 0. The van der Waals surface area contributed by atoms with Crippen LogP contribution in [0.1, 0.15) is 31.9 Å². The third-order valence-corrected chi connectivity index (χ3v) is 5.18. The molecule has 0 saturated heterocycles. The molecule has 0 spiro atoms. The molecule has 1 heterocycles. The van der Waals surface area contributed by atoms with Crippen LogP contribution in [0.25, 0.3) is 0 Å². The lowest BCUT2D eigenvalue weighted by molar-refractivity contribution is -0.116. The molecule has 0 atom stereocenters. The van der Waals surface area contributed by atoms with Gasteiger partial charge < -0.3 is 4.90 Å². The maximum absolute atomic E-state index is 11.8. The SMILES string of the molecule is CC(=O)N1CC(C)(C)c2cc(Sc3ccc(C)cc3)ccc21. The predicted octanol–water partition coefficient (Wildman–Crippen LogP) is 4.79. The van der Waals surface area contributed by atoms with Gasteiger partial charge in [-0.25, -0.2) is 0 Å². The molecule has 1 amide bonds. The van der Waals surface area contributed by atoms with Crippen LogP contribution in [0.15, 0.2) is 52.3 Å². The van der Waals surface area contributed by atoms with Gasteiger partial charge in [-0.3, -0.25) is 4.79 Å². The van der Waals surface area contributed by atoms with Crippen LogP contribution < -0.4 is 4.90 Å². The molecular formula is C19H21NOS. The molecular weight excluding hydrogens is 290 g/mol. The van der Waals surface area contributed by atoms with Gasteiger partial charge in [0.1, 0.15) is 0 Å². The molecule has 0 saturated carbocycles. The van der Waals surface area contributed by atoms with Crippen molar-refractivity contribution in [1.29, 1.82) is 0 Å². The monoisotopic (exact) mass is 311 g/mol. The molecule has 0 unspecified atom stereocenters. The molecule has 2 nitrogen and oxygen atoms in total. The van der Waals surface area contributed by atoms with Crippen molar-refractivity contribution in [2.24, 2.45) is 0 Å². The third kappa shape index (κ3) is 2.78. The van der Waals surface area contributed by atoms with Crippen LogP contribution in [-0.4, -0.2) is 12.5 Å². The summed E-state index contributed by atoms with van der Waals surface area (Å²) in [6, 6.07) is 15.0. The summed E-state index contributed by atoms with van der Waals surface area (Å²) in [4.78, 5) is 16.2. The van der Waals surface area contributed by atoms with Gasteiger partial charge in [-0.2, -0.15) is 0 Å². The summed E-state index contributed by atoms with van der Waals surface area (Å²) in [6.45, 7) is 8.91. The number of nitrogens with zero attached hydrogens (tertiary/aromatic N) is 1. The summed E-state index contributed by atoms with van der Waals surface area (Å²) in [5.74, 6) is 0.116. The Morgan fingerprint density at radius 2 is 1.73 bits per heavy atom. The van der Waals surface area contributed by atoms with Crippen molar-refractivity contribution in [3.63, 3.8) is 0 Å². The first-order valence-electron chi connectivity index (χ1n) is 7.54. The Bertz CT molecular complexity index is 719. The van der Waals surface area contributed by atoms with E-state index in [0.717, 1.165) is 12.2 Å². The highest BCUT2D eigenvalue weighted by atomic mass is 32.2. The zero-order valence-corrected chi connectivity index (χ0v) is 14.3. The van der Waals surface area contributed by atoms with Crippen molar-refractivity contribution in [2.75, 3.05) is 11.4 Å². The fraction of sp³-hybridized carbons (Fsp3) is 0.316. The topological polar surface area (TPSA) is 20.3 Å². The highest BCUT2D eigenvalue weighted by Gasteiger charge is 2.36. The summed E-state index contributed by atoms with van der Waals surface area (Å²) in [5.41, 5.74) is 3.60. The van der Waals surface area contributed by atoms with Gasteiger partial charge in [-0.05, 0) is 42.8 Å². The molecule has 0 radical (unpaired) electrons. The third-order valence-electron chi connectivity index (χ3n) is 4.18. The molecule has 2 aromatic rings. The van der Waals surface area contributed by atoms with E-state index < -0.39 is 0 Å². The fourth-order valence-electron chi connectivity index (χ4n) is 2.95. The van der Waals surface area contributed by atoms with Crippen molar-refractivity contribution in [3.8, 4) is 0 Å². The Kier molecular flexibility index (Phi) is 3.77. The van der Waals surface area contributed by atoms with E-state index >= 15 is 0 Å². The number of rotatable bonds is 2. The van der Waals surface area contributed by atoms with Gasteiger partial charge >= 0.3 is 0 Å². The minimum absolute atomic E-state index is 0.00481. The molecule has 0 fully saturated rings. The quantitative estimate of drug-likeness (QED) is 0.794. The van der Waals surface area contributed by atoms with Crippen LogP contribution in [0.5, 0.6) is 0 Å². The van der Waals surface area contributed by atoms with Gasteiger partial charge in [0.25, 0.3) is 0 Å². The van der Waals surface area contributed by atoms with E-state index in [1.54, 1.807) is 18.7 Å². The molecule has 3 rings (SSSR count). The molecule has 0 N–H and O–H groups in total. The predicted molar refractivity (Wildman–Crippen MR) is 92.8 cm³/mol. The molecule has 0 aromatic heterocycles. The number of benzene rings is 2. The van der Waals surface area contributed by atoms with E-state index in [2.05, 4.69) is 63.2 Å². The Morgan fingerprint density at radius 1 is 1.09 bits per heavy atom. The first kappa shape index (κ1) is 15.2. The first-order valence-corrected chi connectivity index (χ1v) is 8.36. The molecule has 22 heavy (non-hydrogen) atoms. The normalized spacial score (nSPS) is 15.7. The van der Waals surface area contributed by atoms with E-state index in [-0.39, 0.29) is 11.3 Å². The second kappa shape index (κ2) is 5.47. The van der Waals surface area contributed by atoms with Crippen molar-refractivity contribution in [2.45, 2.75) is 42.9 Å². The number of carbonyl (C=O) groups excluding carboxylic acids is 1. The molecule has 1 aliphatic heterocycles. The van der Waals surface area contributed by atoms with Crippen LogP contribution in [0.4, 0.5) is 5.69 Å². The van der Waals surface area contributed by atoms with E-state index in [9.17, 15) is 4.79 Å². The highest BCUT2D eigenvalue weighted by Crippen LogP contribution is 2.43. The van der Waals surface area contributed by atoms with Crippen LogP contribution in [0, 0.1) is 6.92 Å². The molecule has 114 valence electrons.